The fourth-order valence-corrected chi connectivity index (χ4v) is 3.27. The van der Waals surface area contributed by atoms with E-state index in [1.54, 1.807) is 0 Å². The first kappa shape index (κ1) is 13.0. The van der Waals surface area contributed by atoms with Crippen molar-refractivity contribution in [3.8, 4) is 0 Å². The molecule has 102 valence electrons. The van der Waals surface area contributed by atoms with Gasteiger partial charge >= 0.3 is 0 Å². The SMILES string of the molecule is CC1CN(Cc2c[nH]c3cc(Cl)ccc23)CC(C)N1. The van der Waals surface area contributed by atoms with Gasteiger partial charge in [0.1, 0.15) is 0 Å². The summed E-state index contributed by atoms with van der Waals surface area (Å²) in [6, 6.07) is 7.18. The standard InChI is InChI=1S/C15H20ClN3/c1-10-7-19(8-11(2)18-10)9-12-6-17-15-5-13(16)3-4-14(12)15/h3-6,10-11,17-18H,7-9H2,1-2H3. The Morgan fingerprint density at radius 1 is 1.26 bits per heavy atom. The number of hydrogen-bond acceptors (Lipinski definition) is 2. The van der Waals surface area contributed by atoms with Gasteiger partial charge in [-0.3, -0.25) is 4.90 Å². The first-order chi connectivity index (χ1) is 9.11. The number of piperazine rings is 1. The van der Waals surface area contributed by atoms with Crippen LogP contribution in [0.1, 0.15) is 19.4 Å². The van der Waals surface area contributed by atoms with Crippen LogP contribution in [0.3, 0.4) is 0 Å². The van der Waals surface area contributed by atoms with Crippen molar-refractivity contribution in [3.05, 3.63) is 35.0 Å². The summed E-state index contributed by atoms with van der Waals surface area (Å²) in [5.41, 5.74) is 2.48. The fraction of sp³-hybridized carbons (Fsp3) is 0.467. The molecule has 0 spiro atoms. The second kappa shape index (κ2) is 5.16. The average molecular weight is 278 g/mol. The lowest BCUT2D eigenvalue weighted by Gasteiger charge is -2.36. The molecule has 1 aromatic heterocycles. The molecule has 1 fully saturated rings. The topological polar surface area (TPSA) is 31.1 Å². The Kier molecular flexibility index (Phi) is 3.52. The van der Waals surface area contributed by atoms with Gasteiger partial charge in [0, 0.05) is 53.8 Å². The number of benzene rings is 1. The Labute approximate surface area is 118 Å². The van der Waals surface area contributed by atoms with Crippen molar-refractivity contribution in [1.82, 2.24) is 15.2 Å². The lowest BCUT2D eigenvalue weighted by atomic mass is 10.1. The van der Waals surface area contributed by atoms with Gasteiger partial charge in [0.15, 0.2) is 0 Å². The van der Waals surface area contributed by atoms with Crippen molar-refractivity contribution < 1.29 is 0 Å². The molecule has 1 aliphatic heterocycles. The third kappa shape index (κ3) is 2.78. The van der Waals surface area contributed by atoms with Crippen LogP contribution >= 0.6 is 11.6 Å². The summed E-state index contributed by atoms with van der Waals surface area (Å²) in [5, 5.41) is 5.63. The maximum absolute atomic E-state index is 6.02. The van der Waals surface area contributed by atoms with Crippen molar-refractivity contribution in [1.29, 1.82) is 0 Å². The highest BCUT2D eigenvalue weighted by Gasteiger charge is 2.21. The Balaban J connectivity index is 1.81. The number of hydrogen-bond donors (Lipinski definition) is 2. The quantitative estimate of drug-likeness (QED) is 0.884. The molecule has 0 aliphatic carbocycles. The van der Waals surface area contributed by atoms with Crippen molar-refractivity contribution in [3.63, 3.8) is 0 Å². The highest BCUT2D eigenvalue weighted by Crippen LogP contribution is 2.23. The zero-order chi connectivity index (χ0) is 13.4. The van der Waals surface area contributed by atoms with Crippen LogP contribution in [-0.4, -0.2) is 35.1 Å². The number of nitrogens with zero attached hydrogens (tertiary/aromatic N) is 1. The summed E-state index contributed by atoms with van der Waals surface area (Å²) < 4.78 is 0. The van der Waals surface area contributed by atoms with Crippen LogP contribution < -0.4 is 5.32 Å². The molecule has 19 heavy (non-hydrogen) atoms. The minimum atomic E-state index is 0.559. The Morgan fingerprint density at radius 3 is 2.74 bits per heavy atom. The van der Waals surface area contributed by atoms with Gasteiger partial charge < -0.3 is 10.3 Å². The smallest absolute Gasteiger partial charge is 0.0472 e. The van der Waals surface area contributed by atoms with E-state index in [0.717, 1.165) is 30.2 Å². The van der Waals surface area contributed by atoms with Crippen LogP contribution in [0.5, 0.6) is 0 Å². The van der Waals surface area contributed by atoms with E-state index in [1.807, 2.05) is 12.1 Å². The predicted molar refractivity (Wildman–Crippen MR) is 80.6 cm³/mol. The molecular formula is C15H20ClN3. The average Bonchev–Trinajstić information content (AvgIpc) is 2.70. The van der Waals surface area contributed by atoms with E-state index in [1.165, 1.54) is 10.9 Å². The first-order valence-electron chi connectivity index (χ1n) is 6.86. The molecule has 0 amide bonds. The number of aromatic nitrogens is 1. The lowest BCUT2D eigenvalue weighted by molar-refractivity contribution is 0.167. The largest absolute Gasteiger partial charge is 0.361 e. The number of aromatic amines is 1. The third-order valence-electron chi connectivity index (χ3n) is 3.76. The molecule has 0 saturated carbocycles. The van der Waals surface area contributed by atoms with Crippen LogP contribution in [-0.2, 0) is 6.54 Å². The van der Waals surface area contributed by atoms with Gasteiger partial charge in [-0.2, -0.15) is 0 Å². The highest BCUT2D eigenvalue weighted by atomic mass is 35.5. The molecule has 3 nitrogen and oxygen atoms in total. The van der Waals surface area contributed by atoms with Crippen molar-refractivity contribution >= 4 is 22.5 Å². The normalized spacial score (nSPS) is 25.0. The molecule has 2 unspecified atom stereocenters. The molecule has 2 N–H and O–H groups in total. The summed E-state index contributed by atoms with van der Waals surface area (Å²) in [6.45, 7) is 7.70. The number of nitrogens with one attached hydrogen (secondary N) is 2. The van der Waals surface area contributed by atoms with Gasteiger partial charge in [0.25, 0.3) is 0 Å². The van der Waals surface area contributed by atoms with Gasteiger partial charge in [-0.05, 0) is 31.5 Å². The van der Waals surface area contributed by atoms with Gasteiger partial charge in [-0.25, -0.2) is 0 Å². The Hall–Kier alpha value is -1.03. The molecule has 3 rings (SSSR count). The number of rotatable bonds is 2. The van der Waals surface area contributed by atoms with Gasteiger partial charge in [0.05, 0.1) is 0 Å². The molecule has 0 bridgehead atoms. The molecule has 2 aromatic rings. The highest BCUT2D eigenvalue weighted by molar-refractivity contribution is 6.31. The van der Waals surface area contributed by atoms with Crippen LogP contribution in [0.25, 0.3) is 10.9 Å². The summed E-state index contributed by atoms with van der Waals surface area (Å²) >= 11 is 6.02. The summed E-state index contributed by atoms with van der Waals surface area (Å²) in [4.78, 5) is 5.83. The number of halogens is 1. The maximum Gasteiger partial charge on any atom is 0.0472 e. The molecule has 2 atom stereocenters. The van der Waals surface area contributed by atoms with Gasteiger partial charge in [-0.1, -0.05) is 17.7 Å². The Bertz CT molecular complexity index is 568. The van der Waals surface area contributed by atoms with E-state index in [-0.39, 0.29) is 0 Å². The summed E-state index contributed by atoms with van der Waals surface area (Å²) in [5.74, 6) is 0. The fourth-order valence-electron chi connectivity index (χ4n) is 3.10. The number of fused-ring (bicyclic) bond motifs is 1. The van der Waals surface area contributed by atoms with E-state index in [4.69, 9.17) is 11.6 Å². The van der Waals surface area contributed by atoms with E-state index in [0.29, 0.717) is 12.1 Å². The second-order valence-electron chi connectivity index (χ2n) is 5.67. The molecule has 0 radical (unpaired) electrons. The third-order valence-corrected chi connectivity index (χ3v) is 3.99. The van der Waals surface area contributed by atoms with Gasteiger partial charge in [-0.15, -0.1) is 0 Å². The van der Waals surface area contributed by atoms with Crippen LogP contribution in [0.4, 0.5) is 0 Å². The minimum Gasteiger partial charge on any atom is -0.361 e. The van der Waals surface area contributed by atoms with Crippen molar-refractivity contribution in [2.45, 2.75) is 32.5 Å². The van der Waals surface area contributed by atoms with Crippen LogP contribution in [0, 0.1) is 0 Å². The van der Waals surface area contributed by atoms with Crippen molar-refractivity contribution in [2.75, 3.05) is 13.1 Å². The van der Waals surface area contributed by atoms with E-state index < -0.39 is 0 Å². The zero-order valence-electron chi connectivity index (χ0n) is 11.4. The molecule has 2 heterocycles. The maximum atomic E-state index is 6.02. The molecule has 1 aliphatic rings. The molecule has 1 aromatic carbocycles. The van der Waals surface area contributed by atoms with Gasteiger partial charge in [0.2, 0.25) is 0 Å². The number of H-pyrrole nitrogens is 1. The predicted octanol–water partition coefficient (Wildman–Crippen LogP) is 3.00. The van der Waals surface area contributed by atoms with E-state index >= 15 is 0 Å². The summed E-state index contributed by atoms with van der Waals surface area (Å²) in [6.07, 6.45) is 2.11. The Morgan fingerprint density at radius 2 is 2.00 bits per heavy atom. The molecule has 4 heteroatoms. The monoisotopic (exact) mass is 277 g/mol. The zero-order valence-corrected chi connectivity index (χ0v) is 12.2. The van der Waals surface area contributed by atoms with Crippen LogP contribution in [0.15, 0.2) is 24.4 Å². The van der Waals surface area contributed by atoms with Crippen LogP contribution in [0.2, 0.25) is 5.02 Å². The summed E-state index contributed by atoms with van der Waals surface area (Å²) in [7, 11) is 0. The molecular weight excluding hydrogens is 258 g/mol. The lowest BCUT2D eigenvalue weighted by Crippen LogP contribution is -2.53. The minimum absolute atomic E-state index is 0.559. The van der Waals surface area contributed by atoms with E-state index in [9.17, 15) is 0 Å². The molecule has 1 saturated heterocycles. The second-order valence-corrected chi connectivity index (χ2v) is 6.10. The first-order valence-corrected chi connectivity index (χ1v) is 7.23. The van der Waals surface area contributed by atoms with E-state index in [2.05, 4.69) is 41.3 Å². The van der Waals surface area contributed by atoms with Crippen molar-refractivity contribution in [2.24, 2.45) is 0 Å².